The molecular weight excluding hydrogens is 184 g/mol. The van der Waals surface area contributed by atoms with Crippen molar-refractivity contribution in [1.82, 2.24) is 5.32 Å². The van der Waals surface area contributed by atoms with E-state index in [-0.39, 0.29) is 11.1 Å². The zero-order chi connectivity index (χ0) is 11.1. The molecule has 0 fully saturated rings. The van der Waals surface area contributed by atoms with Crippen molar-refractivity contribution in [3.8, 4) is 0 Å². The highest BCUT2D eigenvalue weighted by molar-refractivity contribution is 6.01. The van der Waals surface area contributed by atoms with Crippen molar-refractivity contribution in [3.63, 3.8) is 0 Å². The van der Waals surface area contributed by atoms with Gasteiger partial charge in [-0.2, -0.15) is 0 Å². The Hall–Kier alpha value is -1.31. The number of aliphatic imine (C=N–C) groups is 1. The zero-order valence-electron chi connectivity index (χ0n) is 9.83. The van der Waals surface area contributed by atoms with Crippen LogP contribution < -0.4 is 5.32 Å². The van der Waals surface area contributed by atoms with Crippen LogP contribution in [0.15, 0.2) is 35.3 Å². The lowest BCUT2D eigenvalue weighted by molar-refractivity contribution is 0.310. The third-order valence-corrected chi connectivity index (χ3v) is 3.40. The molecule has 0 saturated carbocycles. The lowest BCUT2D eigenvalue weighted by Crippen LogP contribution is -2.50. The third kappa shape index (κ3) is 1.65. The van der Waals surface area contributed by atoms with Gasteiger partial charge in [0.25, 0.3) is 0 Å². The molecule has 1 aromatic rings. The van der Waals surface area contributed by atoms with Crippen LogP contribution in [0, 0.1) is 0 Å². The van der Waals surface area contributed by atoms with Crippen LogP contribution in [0.1, 0.15) is 33.3 Å². The highest BCUT2D eigenvalue weighted by atomic mass is 15.2. The van der Waals surface area contributed by atoms with E-state index in [1.54, 1.807) is 0 Å². The first kappa shape index (κ1) is 10.2. The molecule has 80 valence electrons. The number of hydrogen-bond donors (Lipinski definition) is 1. The molecule has 1 aromatic carbocycles. The first-order valence-electron chi connectivity index (χ1n) is 5.36. The second-order valence-electron chi connectivity index (χ2n) is 5.14. The van der Waals surface area contributed by atoms with Gasteiger partial charge in [-0.1, -0.05) is 30.3 Å². The maximum absolute atomic E-state index is 4.75. The Balaban J connectivity index is 2.37. The van der Waals surface area contributed by atoms with Crippen molar-refractivity contribution < 1.29 is 0 Å². The molecule has 1 aliphatic rings. The normalized spacial score (nSPS) is 22.0. The predicted molar refractivity (Wildman–Crippen MR) is 64.3 cm³/mol. The van der Waals surface area contributed by atoms with Crippen molar-refractivity contribution in [1.29, 1.82) is 0 Å². The first-order valence-corrected chi connectivity index (χ1v) is 5.36. The van der Waals surface area contributed by atoms with Crippen molar-refractivity contribution in [2.24, 2.45) is 4.99 Å². The molecule has 0 radical (unpaired) electrons. The Labute approximate surface area is 91.4 Å². The lowest BCUT2D eigenvalue weighted by atomic mass is 9.85. The molecule has 0 aromatic heterocycles. The van der Waals surface area contributed by atoms with Crippen LogP contribution in [0.4, 0.5) is 0 Å². The average molecular weight is 202 g/mol. The standard InChI is InChI=1S/C13H18N2/c1-12(2)13(3,4)15-11(14-12)10-8-6-5-7-9-10/h5-9H,1-4H3,(H,14,15). The second-order valence-corrected chi connectivity index (χ2v) is 5.14. The Morgan fingerprint density at radius 2 is 1.60 bits per heavy atom. The fourth-order valence-corrected chi connectivity index (χ4v) is 1.63. The van der Waals surface area contributed by atoms with Crippen LogP contribution in [-0.2, 0) is 0 Å². The minimum Gasteiger partial charge on any atom is -0.363 e. The summed E-state index contributed by atoms with van der Waals surface area (Å²) in [4.78, 5) is 4.75. The van der Waals surface area contributed by atoms with Crippen molar-refractivity contribution in [2.45, 2.75) is 38.8 Å². The van der Waals surface area contributed by atoms with Crippen LogP contribution in [0.3, 0.4) is 0 Å². The molecule has 0 atom stereocenters. The van der Waals surface area contributed by atoms with Crippen LogP contribution in [0.25, 0.3) is 0 Å². The Kier molecular flexibility index (Phi) is 2.10. The Morgan fingerprint density at radius 3 is 2.07 bits per heavy atom. The van der Waals surface area contributed by atoms with Gasteiger partial charge < -0.3 is 5.32 Å². The van der Waals surface area contributed by atoms with Gasteiger partial charge in [-0.3, -0.25) is 4.99 Å². The van der Waals surface area contributed by atoms with Gasteiger partial charge in [0.2, 0.25) is 0 Å². The molecule has 0 amide bonds. The highest BCUT2D eigenvalue weighted by Gasteiger charge is 2.42. The highest BCUT2D eigenvalue weighted by Crippen LogP contribution is 2.31. The molecule has 1 heterocycles. The molecule has 0 saturated heterocycles. The van der Waals surface area contributed by atoms with Gasteiger partial charge in [0.15, 0.2) is 0 Å². The smallest absolute Gasteiger partial charge is 0.129 e. The van der Waals surface area contributed by atoms with Crippen molar-refractivity contribution >= 4 is 5.84 Å². The monoisotopic (exact) mass is 202 g/mol. The van der Waals surface area contributed by atoms with E-state index in [4.69, 9.17) is 4.99 Å². The molecule has 15 heavy (non-hydrogen) atoms. The van der Waals surface area contributed by atoms with Gasteiger partial charge in [-0.15, -0.1) is 0 Å². The number of amidine groups is 1. The van der Waals surface area contributed by atoms with Gasteiger partial charge in [-0.25, -0.2) is 0 Å². The molecule has 1 aliphatic heterocycles. The maximum atomic E-state index is 4.75. The van der Waals surface area contributed by atoms with E-state index in [2.05, 4.69) is 45.1 Å². The molecular formula is C13H18N2. The number of hydrogen-bond acceptors (Lipinski definition) is 2. The van der Waals surface area contributed by atoms with Crippen LogP contribution in [-0.4, -0.2) is 16.9 Å². The lowest BCUT2D eigenvalue weighted by Gasteiger charge is -2.32. The number of rotatable bonds is 1. The largest absolute Gasteiger partial charge is 0.363 e. The van der Waals surface area contributed by atoms with E-state index in [1.807, 2.05) is 18.2 Å². The van der Waals surface area contributed by atoms with Crippen molar-refractivity contribution in [2.75, 3.05) is 0 Å². The average Bonchev–Trinajstić information content (AvgIpc) is 2.38. The van der Waals surface area contributed by atoms with E-state index in [1.165, 1.54) is 0 Å². The van der Waals surface area contributed by atoms with E-state index >= 15 is 0 Å². The summed E-state index contributed by atoms with van der Waals surface area (Å²) >= 11 is 0. The molecule has 0 aliphatic carbocycles. The van der Waals surface area contributed by atoms with E-state index in [9.17, 15) is 0 Å². The number of nitrogens with one attached hydrogen (secondary N) is 1. The first-order chi connectivity index (χ1) is 6.92. The van der Waals surface area contributed by atoms with Gasteiger partial charge >= 0.3 is 0 Å². The molecule has 0 unspecified atom stereocenters. The number of nitrogens with zero attached hydrogens (tertiary/aromatic N) is 1. The van der Waals surface area contributed by atoms with Gasteiger partial charge in [-0.05, 0) is 27.7 Å². The summed E-state index contributed by atoms with van der Waals surface area (Å²) < 4.78 is 0. The molecule has 1 N–H and O–H groups in total. The zero-order valence-corrected chi connectivity index (χ0v) is 9.83. The summed E-state index contributed by atoms with van der Waals surface area (Å²) in [5.41, 5.74) is 1.12. The Morgan fingerprint density at radius 1 is 1.00 bits per heavy atom. The maximum Gasteiger partial charge on any atom is 0.129 e. The molecule has 2 nitrogen and oxygen atoms in total. The van der Waals surface area contributed by atoms with E-state index in [0.717, 1.165) is 11.4 Å². The summed E-state index contributed by atoms with van der Waals surface area (Å²) in [6, 6.07) is 10.3. The summed E-state index contributed by atoms with van der Waals surface area (Å²) in [5.74, 6) is 1.01. The molecule has 2 rings (SSSR count). The summed E-state index contributed by atoms with van der Waals surface area (Å²) in [5, 5.41) is 3.49. The molecule has 0 bridgehead atoms. The minimum absolute atomic E-state index is 0.0121. The van der Waals surface area contributed by atoms with Crippen molar-refractivity contribution in [3.05, 3.63) is 35.9 Å². The Bertz CT molecular complexity index is 388. The minimum atomic E-state index is -0.0574. The fraction of sp³-hybridized carbons (Fsp3) is 0.462. The van der Waals surface area contributed by atoms with Crippen LogP contribution in [0.2, 0.25) is 0 Å². The topological polar surface area (TPSA) is 24.4 Å². The van der Waals surface area contributed by atoms with Crippen LogP contribution in [0.5, 0.6) is 0 Å². The van der Waals surface area contributed by atoms with E-state index < -0.39 is 0 Å². The van der Waals surface area contributed by atoms with Crippen LogP contribution >= 0.6 is 0 Å². The third-order valence-electron chi connectivity index (χ3n) is 3.40. The number of benzene rings is 1. The fourth-order valence-electron chi connectivity index (χ4n) is 1.63. The van der Waals surface area contributed by atoms with Gasteiger partial charge in [0, 0.05) is 5.56 Å². The summed E-state index contributed by atoms with van der Waals surface area (Å²) in [6.07, 6.45) is 0. The summed E-state index contributed by atoms with van der Waals surface area (Å²) in [6.45, 7) is 8.70. The second kappa shape index (κ2) is 3.09. The molecule has 2 heteroatoms. The SMILES string of the molecule is CC1(C)N=C(c2ccccc2)NC1(C)C. The van der Waals surface area contributed by atoms with Gasteiger partial charge in [0.05, 0.1) is 11.1 Å². The predicted octanol–water partition coefficient (Wildman–Crippen LogP) is 2.59. The quantitative estimate of drug-likeness (QED) is 0.743. The summed E-state index contributed by atoms with van der Waals surface area (Å²) in [7, 11) is 0. The van der Waals surface area contributed by atoms with Gasteiger partial charge in [0.1, 0.15) is 5.84 Å². The van der Waals surface area contributed by atoms with E-state index in [0.29, 0.717) is 0 Å². The molecule has 0 spiro atoms.